The summed E-state index contributed by atoms with van der Waals surface area (Å²) in [7, 11) is 0. The Morgan fingerprint density at radius 2 is 2.00 bits per heavy atom. The first-order valence-corrected chi connectivity index (χ1v) is 10.1. The minimum Gasteiger partial charge on any atom is -0.446 e. The molecule has 7 heteroatoms. The van der Waals surface area contributed by atoms with Crippen LogP contribution in [0.15, 0.2) is 34.9 Å². The highest BCUT2D eigenvalue weighted by Gasteiger charge is 2.26. The molecule has 0 bridgehead atoms. The summed E-state index contributed by atoms with van der Waals surface area (Å²) < 4.78 is 10.9. The van der Waals surface area contributed by atoms with Gasteiger partial charge < -0.3 is 19.8 Å². The van der Waals surface area contributed by atoms with Gasteiger partial charge in [-0.3, -0.25) is 9.59 Å². The van der Waals surface area contributed by atoms with E-state index in [1.165, 1.54) is 6.26 Å². The highest BCUT2D eigenvalue weighted by molar-refractivity contribution is 6.02. The molecule has 2 N–H and O–H groups in total. The molecule has 1 aromatic heterocycles. The number of carbonyl (C=O) groups excluding carboxylic acids is 2. The van der Waals surface area contributed by atoms with E-state index in [1.54, 1.807) is 0 Å². The van der Waals surface area contributed by atoms with E-state index in [-0.39, 0.29) is 29.5 Å². The van der Waals surface area contributed by atoms with E-state index in [1.807, 2.05) is 45.0 Å². The summed E-state index contributed by atoms with van der Waals surface area (Å²) in [6.45, 7) is 7.35. The maximum atomic E-state index is 12.5. The molecule has 1 aliphatic heterocycles. The van der Waals surface area contributed by atoms with Crippen molar-refractivity contribution in [2.75, 3.05) is 18.5 Å². The van der Waals surface area contributed by atoms with E-state index in [0.717, 1.165) is 18.4 Å². The van der Waals surface area contributed by atoms with Gasteiger partial charge in [0.15, 0.2) is 5.69 Å². The van der Waals surface area contributed by atoms with Gasteiger partial charge in [-0.05, 0) is 49.3 Å². The summed E-state index contributed by atoms with van der Waals surface area (Å²) in [5.74, 6) is 0.382. The lowest BCUT2D eigenvalue weighted by molar-refractivity contribution is -0.124. The minimum absolute atomic E-state index is 0.0282. The van der Waals surface area contributed by atoms with Crippen molar-refractivity contribution in [3.63, 3.8) is 0 Å². The molecule has 3 rings (SSSR count). The Hall–Kier alpha value is -2.67. The van der Waals surface area contributed by atoms with Crippen molar-refractivity contribution in [1.82, 2.24) is 10.3 Å². The molecule has 1 aromatic carbocycles. The lowest BCUT2D eigenvalue weighted by Gasteiger charge is -2.24. The van der Waals surface area contributed by atoms with Gasteiger partial charge in [0.1, 0.15) is 12.3 Å². The van der Waals surface area contributed by atoms with Gasteiger partial charge in [-0.1, -0.05) is 26.0 Å². The molecule has 0 aliphatic carbocycles. The van der Waals surface area contributed by atoms with E-state index >= 15 is 0 Å². The Morgan fingerprint density at radius 3 is 2.69 bits per heavy atom. The molecule has 0 spiro atoms. The Labute approximate surface area is 171 Å². The SMILES string of the molecule is Cc1cccc(NC(=O)c2coc([C@H](NC(=O)CC3CCOCC3)C(C)C)n2)c1. The number of hydrogen-bond acceptors (Lipinski definition) is 5. The molecule has 2 amide bonds. The van der Waals surface area contributed by atoms with Crippen LogP contribution in [-0.2, 0) is 9.53 Å². The molecule has 156 valence electrons. The summed E-state index contributed by atoms with van der Waals surface area (Å²) in [4.78, 5) is 29.3. The van der Waals surface area contributed by atoms with Crippen LogP contribution in [0.1, 0.15) is 61.1 Å². The third kappa shape index (κ3) is 5.90. The minimum atomic E-state index is -0.386. The van der Waals surface area contributed by atoms with Crippen molar-refractivity contribution in [3.05, 3.63) is 47.7 Å². The Bertz CT molecular complexity index is 840. The standard InChI is InChI=1S/C22H29N3O4/c1-14(2)20(25-19(26)12-16-7-9-28-10-8-16)22-24-18(13-29-22)21(27)23-17-6-4-5-15(3)11-17/h4-6,11,13-14,16,20H,7-10,12H2,1-3H3,(H,23,27)(H,25,26)/t20-/m1/s1. The van der Waals surface area contributed by atoms with Crippen LogP contribution in [0.4, 0.5) is 5.69 Å². The van der Waals surface area contributed by atoms with Crippen molar-refractivity contribution in [3.8, 4) is 0 Å². The topological polar surface area (TPSA) is 93.5 Å². The number of rotatable bonds is 7. The number of anilines is 1. The fraction of sp³-hybridized carbons (Fsp3) is 0.500. The van der Waals surface area contributed by atoms with Gasteiger partial charge in [0.25, 0.3) is 5.91 Å². The fourth-order valence-electron chi connectivity index (χ4n) is 3.41. The van der Waals surface area contributed by atoms with Gasteiger partial charge >= 0.3 is 0 Å². The van der Waals surface area contributed by atoms with Crippen LogP contribution in [-0.4, -0.2) is 30.0 Å². The van der Waals surface area contributed by atoms with Crippen molar-refractivity contribution < 1.29 is 18.7 Å². The third-order valence-corrected chi connectivity index (χ3v) is 5.09. The smallest absolute Gasteiger partial charge is 0.277 e. The average molecular weight is 399 g/mol. The van der Waals surface area contributed by atoms with E-state index in [0.29, 0.717) is 37.1 Å². The Kier molecular flexibility index (Phi) is 7.04. The van der Waals surface area contributed by atoms with Gasteiger partial charge in [0.05, 0.1) is 0 Å². The average Bonchev–Trinajstić information content (AvgIpc) is 3.16. The first kappa shape index (κ1) is 21.0. The second kappa shape index (κ2) is 9.69. The number of aromatic nitrogens is 1. The van der Waals surface area contributed by atoms with Crippen molar-refractivity contribution in [1.29, 1.82) is 0 Å². The van der Waals surface area contributed by atoms with Crippen molar-refractivity contribution in [2.45, 2.75) is 46.1 Å². The van der Waals surface area contributed by atoms with E-state index in [9.17, 15) is 9.59 Å². The molecule has 1 aliphatic rings. The number of oxazole rings is 1. The van der Waals surface area contributed by atoms with Crippen molar-refractivity contribution >= 4 is 17.5 Å². The molecule has 1 fully saturated rings. The lowest BCUT2D eigenvalue weighted by atomic mass is 9.95. The first-order chi connectivity index (χ1) is 13.9. The summed E-state index contributed by atoms with van der Waals surface area (Å²) >= 11 is 0. The van der Waals surface area contributed by atoms with Crippen LogP contribution < -0.4 is 10.6 Å². The molecule has 1 saturated heterocycles. The second-order valence-electron chi connectivity index (χ2n) is 7.94. The molecule has 0 saturated carbocycles. The monoisotopic (exact) mass is 399 g/mol. The molecular formula is C22H29N3O4. The zero-order valence-electron chi connectivity index (χ0n) is 17.2. The highest BCUT2D eigenvalue weighted by Crippen LogP contribution is 2.24. The molecule has 1 atom stereocenters. The van der Waals surface area contributed by atoms with Crippen LogP contribution in [0.5, 0.6) is 0 Å². The predicted octanol–water partition coefficient (Wildman–Crippen LogP) is 3.87. The summed E-state index contributed by atoms with van der Waals surface area (Å²) in [6, 6.07) is 7.15. The van der Waals surface area contributed by atoms with E-state index in [4.69, 9.17) is 9.15 Å². The normalized spacial score (nSPS) is 15.9. The number of hydrogen-bond donors (Lipinski definition) is 2. The summed E-state index contributed by atoms with van der Waals surface area (Å²) in [6.07, 6.45) is 3.61. The van der Waals surface area contributed by atoms with Crippen LogP contribution >= 0.6 is 0 Å². The van der Waals surface area contributed by atoms with Gasteiger partial charge in [0, 0.05) is 25.3 Å². The largest absolute Gasteiger partial charge is 0.446 e. The fourth-order valence-corrected chi connectivity index (χ4v) is 3.41. The Balaban J connectivity index is 1.63. The quantitative estimate of drug-likeness (QED) is 0.737. The number of aryl methyl sites for hydroxylation is 1. The number of nitrogens with one attached hydrogen (secondary N) is 2. The highest BCUT2D eigenvalue weighted by atomic mass is 16.5. The molecule has 0 unspecified atom stereocenters. The molecule has 0 radical (unpaired) electrons. The second-order valence-corrected chi connectivity index (χ2v) is 7.94. The number of benzene rings is 1. The van der Waals surface area contributed by atoms with Gasteiger partial charge in [0.2, 0.25) is 11.8 Å². The van der Waals surface area contributed by atoms with Gasteiger partial charge in [-0.15, -0.1) is 0 Å². The molecule has 2 heterocycles. The van der Waals surface area contributed by atoms with E-state index < -0.39 is 0 Å². The zero-order chi connectivity index (χ0) is 20.8. The van der Waals surface area contributed by atoms with Crippen LogP contribution in [0, 0.1) is 18.8 Å². The van der Waals surface area contributed by atoms with Crippen LogP contribution in [0.25, 0.3) is 0 Å². The zero-order valence-corrected chi connectivity index (χ0v) is 17.2. The predicted molar refractivity (Wildman–Crippen MR) is 110 cm³/mol. The van der Waals surface area contributed by atoms with Crippen LogP contribution in [0.3, 0.4) is 0 Å². The van der Waals surface area contributed by atoms with E-state index in [2.05, 4.69) is 15.6 Å². The molecular weight excluding hydrogens is 370 g/mol. The van der Waals surface area contributed by atoms with Gasteiger partial charge in [-0.2, -0.15) is 0 Å². The molecule has 7 nitrogen and oxygen atoms in total. The molecule has 2 aromatic rings. The van der Waals surface area contributed by atoms with Gasteiger partial charge in [-0.25, -0.2) is 4.98 Å². The lowest BCUT2D eigenvalue weighted by Crippen LogP contribution is -2.34. The Morgan fingerprint density at radius 1 is 1.24 bits per heavy atom. The maximum Gasteiger partial charge on any atom is 0.277 e. The first-order valence-electron chi connectivity index (χ1n) is 10.1. The number of amides is 2. The summed E-state index contributed by atoms with van der Waals surface area (Å²) in [5.41, 5.74) is 1.94. The van der Waals surface area contributed by atoms with Crippen LogP contribution in [0.2, 0.25) is 0 Å². The molecule has 29 heavy (non-hydrogen) atoms. The number of nitrogens with zero attached hydrogens (tertiary/aromatic N) is 1. The summed E-state index contributed by atoms with van der Waals surface area (Å²) in [5, 5.41) is 5.84. The number of ether oxygens (including phenoxy) is 1. The third-order valence-electron chi connectivity index (χ3n) is 5.09. The maximum absolute atomic E-state index is 12.5. The number of carbonyl (C=O) groups is 2. The van der Waals surface area contributed by atoms with Crippen molar-refractivity contribution in [2.24, 2.45) is 11.8 Å².